The normalized spacial score (nSPS) is 17.9. The molecule has 0 spiro atoms. The first-order valence-corrected chi connectivity index (χ1v) is 6.28. The number of benzene rings is 1. The molecule has 1 aliphatic carbocycles. The van der Waals surface area contributed by atoms with E-state index in [1.807, 2.05) is 26.0 Å². The van der Waals surface area contributed by atoms with Gasteiger partial charge in [0.1, 0.15) is 0 Å². The number of hydrogen-bond donors (Lipinski definition) is 1. The fourth-order valence-corrected chi connectivity index (χ4v) is 2.86. The van der Waals surface area contributed by atoms with Gasteiger partial charge in [-0.15, -0.1) is 0 Å². The number of carboxylic acids is 1. The molecule has 16 heavy (non-hydrogen) atoms. The van der Waals surface area contributed by atoms with E-state index in [0.717, 1.165) is 40.4 Å². The van der Waals surface area contributed by atoms with Crippen LogP contribution in [0.3, 0.4) is 0 Å². The zero-order valence-electron chi connectivity index (χ0n) is 9.51. The van der Waals surface area contributed by atoms with Crippen molar-refractivity contribution >= 4 is 21.9 Å². The summed E-state index contributed by atoms with van der Waals surface area (Å²) in [7, 11) is 0. The minimum Gasteiger partial charge on any atom is -0.481 e. The Morgan fingerprint density at radius 3 is 2.38 bits per heavy atom. The Balaban J connectivity index is 2.56. The summed E-state index contributed by atoms with van der Waals surface area (Å²) >= 11 is 3.48. The van der Waals surface area contributed by atoms with E-state index in [0.29, 0.717) is 0 Å². The first-order valence-electron chi connectivity index (χ1n) is 5.48. The maximum absolute atomic E-state index is 11.4. The van der Waals surface area contributed by atoms with Crippen molar-refractivity contribution < 1.29 is 9.90 Å². The molecule has 0 radical (unpaired) electrons. The summed E-state index contributed by atoms with van der Waals surface area (Å²) in [6.07, 6.45) is 2.55. The maximum atomic E-state index is 11.4. The maximum Gasteiger partial charge on any atom is 0.314 e. The van der Waals surface area contributed by atoms with E-state index < -0.39 is 11.4 Å². The minimum absolute atomic E-state index is 0.616. The van der Waals surface area contributed by atoms with Crippen LogP contribution in [0.15, 0.2) is 16.6 Å². The zero-order valence-corrected chi connectivity index (χ0v) is 11.1. The summed E-state index contributed by atoms with van der Waals surface area (Å²) in [6.45, 7) is 4.04. The second kappa shape index (κ2) is 3.88. The van der Waals surface area contributed by atoms with Gasteiger partial charge >= 0.3 is 5.97 Å². The Bertz CT molecular complexity index is 447. The molecule has 1 aromatic rings. The van der Waals surface area contributed by atoms with Crippen LogP contribution in [0, 0.1) is 13.8 Å². The van der Waals surface area contributed by atoms with Crippen molar-refractivity contribution in [1.29, 1.82) is 0 Å². The number of rotatable bonds is 2. The Kier molecular flexibility index (Phi) is 2.82. The largest absolute Gasteiger partial charge is 0.481 e. The molecule has 3 heteroatoms. The van der Waals surface area contributed by atoms with Gasteiger partial charge in [0.25, 0.3) is 0 Å². The second-order valence-corrected chi connectivity index (χ2v) is 5.44. The molecule has 0 unspecified atom stereocenters. The molecule has 0 saturated heterocycles. The van der Waals surface area contributed by atoms with Crippen LogP contribution in [0.2, 0.25) is 0 Å². The summed E-state index contributed by atoms with van der Waals surface area (Å²) in [4.78, 5) is 11.4. The summed E-state index contributed by atoms with van der Waals surface area (Å²) in [6, 6.07) is 3.92. The number of halogens is 1. The number of hydrogen-bond acceptors (Lipinski definition) is 1. The molecule has 0 heterocycles. The summed E-state index contributed by atoms with van der Waals surface area (Å²) in [5, 5.41) is 9.41. The third-order valence-electron chi connectivity index (χ3n) is 3.85. The van der Waals surface area contributed by atoms with E-state index >= 15 is 0 Å². The fourth-order valence-electron chi connectivity index (χ4n) is 2.43. The number of carboxylic acid groups (broad SMARTS) is 1. The molecule has 0 aromatic heterocycles. The van der Waals surface area contributed by atoms with Crippen LogP contribution in [0.5, 0.6) is 0 Å². The van der Waals surface area contributed by atoms with Crippen molar-refractivity contribution in [3.05, 3.63) is 33.3 Å². The molecule has 2 nitrogen and oxygen atoms in total. The first-order chi connectivity index (χ1) is 7.49. The van der Waals surface area contributed by atoms with E-state index in [2.05, 4.69) is 15.9 Å². The number of carbonyl (C=O) groups is 1. The Morgan fingerprint density at radius 1 is 1.31 bits per heavy atom. The van der Waals surface area contributed by atoms with Crippen LogP contribution < -0.4 is 0 Å². The van der Waals surface area contributed by atoms with Gasteiger partial charge < -0.3 is 5.11 Å². The molecule has 0 aliphatic heterocycles. The Labute approximate surface area is 104 Å². The lowest BCUT2D eigenvalue weighted by Crippen LogP contribution is -2.43. The summed E-state index contributed by atoms with van der Waals surface area (Å²) < 4.78 is 1.05. The van der Waals surface area contributed by atoms with Gasteiger partial charge in [0.15, 0.2) is 0 Å². The van der Waals surface area contributed by atoms with Gasteiger partial charge in [-0.3, -0.25) is 4.79 Å². The smallest absolute Gasteiger partial charge is 0.314 e. The molecular formula is C13H15BrO2. The second-order valence-electron chi connectivity index (χ2n) is 4.59. The highest BCUT2D eigenvalue weighted by molar-refractivity contribution is 9.10. The quantitative estimate of drug-likeness (QED) is 0.900. The first kappa shape index (κ1) is 11.6. The summed E-state index contributed by atoms with van der Waals surface area (Å²) in [5.41, 5.74) is 2.63. The third-order valence-corrected chi connectivity index (χ3v) is 4.71. The van der Waals surface area contributed by atoms with Crippen LogP contribution in [0.4, 0.5) is 0 Å². The van der Waals surface area contributed by atoms with Crippen molar-refractivity contribution in [2.75, 3.05) is 0 Å². The molecular weight excluding hydrogens is 268 g/mol. The zero-order chi connectivity index (χ0) is 11.9. The molecule has 2 rings (SSSR count). The van der Waals surface area contributed by atoms with E-state index in [9.17, 15) is 9.90 Å². The van der Waals surface area contributed by atoms with Gasteiger partial charge in [0.05, 0.1) is 5.41 Å². The molecule has 0 atom stereocenters. The average molecular weight is 283 g/mol. The van der Waals surface area contributed by atoms with Crippen LogP contribution in [-0.2, 0) is 10.2 Å². The topological polar surface area (TPSA) is 37.3 Å². The lowest BCUT2D eigenvalue weighted by atomic mass is 9.63. The fraction of sp³-hybridized carbons (Fsp3) is 0.462. The van der Waals surface area contributed by atoms with Gasteiger partial charge in [0.2, 0.25) is 0 Å². The average Bonchev–Trinajstić information content (AvgIpc) is 2.16. The van der Waals surface area contributed by atoms with Crippen LogP contribution in [-0.4, -0.2) is 11.1 Å². The molecule has 1 saturated carbocycles. The van der Waals surface area contributed by atoms with E-state index in [-0.39, 0.29) is 0 Å². The van der Waals surface area contributed by atoms with Crippen LogP contribution in [0.25, 0.3) is 0 Å². The molecule has 1 aromatic carbocycles. The standard InChI is InChI=1S/C13H15BrO2/c1-8-9(2)11(14)5-4-10(8)13(12(15)16)6-3-7-13/h4-5H,3,6-7H2,1-2H3,(H,15,16). The van der Waals surface area contributed by atoms with E-state index in [1.54, 1.807) is 0 Å². The van der Waals surface area contributed by atoms with Gasteiger partial charge in [-0.05, 0) is 49.4 Å². The van der Waals surface area contributed by atoms with Crippen molar-refractivity contribution in [3.63, 3.8) is 0 Å². The van der Waals surface area contributed by atoms with Crippen molar-refractivity contribution in [2.45, 2.75) is 38.5 Å². The van der Waals surface area contributed by atoms with Gasteiger partial charge in [-0.25, -0.2) is 0 Å². The number of aliphatic carboxylic acids is 1. The minimum atomic E-state index is -0.677. The van der Waals surface area contributed by atoms with Crippen LogP contribution >= 0.6 is 15.9 Å². The summed E-state index contributed by atoms with van der Waals surface area (Å²) in [5.74, 6) is -0.677. The Hall–Kier alpha value is -0.830. The predicted molar refractivity (Wildman–Crippen MR) is 66.8 cm³/mol. The highest BCUT2D eigenvalue weighted by Gasteiger charge is 2.46. The van der Waals surface area contributed by atoms with Gasteiger partial charge in [-0.2, -0.15) is 0 Å². The van der Waals surface area contributed by atoms with Gasteiger partial charge in [0, 0.05) is 4.47 Å². The van der Waals surface area contributed by atoms with Crippen molar-refractivity contribution in [2.24, 2.45) is 0 Å². The molecule has 1 aliphatic rings. The van der Waals surface area contributed by atoms with Crippen LogP contribution in [0.1, 0.15) is 36.0 Å². The lowest BCUT2D eigenvalue weighted by molar-refractivity contribution is -0.147. The molecule has 0 bridgehead atoms. The Morgan fingerprint density at radius 2 is 1.94 bits per heavy atom. The highest BCUT2D eigenvalue weighted by atomic mass is 79.9. The van der Waals surface area contributed by atoms with E-state index in [1.165, 1.54) is 0 Å². The van der Waals surface area contributed by atoms with Crippen molar-refractivity contribution in [3.8, 4) is 0 Å². The third kappa shape index (κ3) is 1.49. The molecule has 86 valence electrons. The monoisotopic (exact) mass is 282 g/mol. The highest BCUT2D eigenvalue weighted by Crippen LogP contribution is 2.46. The predicted octanol–water partition coefficient (Wildman–Crippen LogP) is 3.57. The van der Waals surface area contributed by atoms with Crippen molar-refractivity contribution in [1.82, 2.24) is 0 Å². The SMILES string of the molecule is Cc1c(Br)ccc(C2(C(=O)O)CCC2)c1C. The van der Waals surface area contributed by atoms with E-state index in [4.69, 9.17) is 0 Å². The molecule has 1 N–H and O–H groups in total. The lowest BCUT2D eigenvalue weighted by Gasteiger charge is -2.39. The van der Waals surface area contributed by atoms with Gasteiger partial charge in [-0.1, -0.05) is 28.4 Å². The molecule has 0 amide bonds. The molecule has 1 fully saturated rings.